The van der Waals surface area contributed by atoms with Gasteiger partial charge in [0.1, 0.15) is 19.0 Å². The highest BCUT2D eigenvalue weighted by Gasteiger charge is 2.16. The highest BCUT2D eigenvalue weighted by Crippen LogP contribution is 2.38. The molecule has 1 aliphatic heterocycles. The Labute approximate surface area is 180 Å². The molecule has 0 spiro atoms. The lowest BCUT2D eigenvalue weighted by atomic mass is 10.1. The van der Waals surface area contributed by atoms with Crippen molar-refractivity contribution in [3.8, 4) is 11.5 Å². The summed E-state index contributed by atoms with van der Waals surface area (Å²) in [5.74, 6) is 1.72. The van der Waals surface area contributed by atoms with Crippen molar-refractivity contribution in [2.45, 2.75) is 13.0 Å². The first-order valence-corrected chi connectivity index (χ1v) is 8.80. The number of hydrogen-bond donors (Lipinski definition) is 2. The van der Waals surface area contributed by atoms with Gasteiger partial charge in [-0.25, -0.2) is 4.39 Å². The summed E-state index contributed by atoms with van der Waals surface area (Å²) in [7, 11) is 1.71. The van der Waals surface area contributed by atoms with Gasteiger partial charge in [0.25, 0.3) is 0 Å². The van der Waals surface area contributed by atoms with Crippen molar-refractivity contribution >= 4 is 41.5 Å². The molecule has 0 saturated heterocycles. The van der Waals surface area contributed by atoms with Gasteiger partial charge < -0.3 is 20.1 Å². The Morgan fingerprint density at radius 3 is 2.59 bits per heavy atom. The van der Waals surface area contributed by atoms with Gasteiger partial charge in [-0.2, -0.15) is 0 Å². The van der Waals surface area contributed by atoms with E-state index in [0.717, 1.165) is 17.5 Å². The molecule has 0 amide bonds. The van der Waals surface area contributed by atoms with Gasteiger partial charge in [0.05, 0.1) is 5.02 Å². The normalized spacial score (nSPS) is 12.9. The summed E-state index contributed by atoms with van der Waals surface area (Å²) in [4.78, 5) is 4.20. The van der Waals surface area contributed by atoms with Gasteiger partial charge >= 0.3 is 0 Å². The van der Waals surface area contributed by atoms with Gasteiger partial charge in [-0.3, -0.25) is 4.99 Å². The highest BCUT2D eigenvalue weighted by atomic mass is 127. The van der Waals surface area contributed by atoms with E-state index in [9.17, 15) is 4.39 Å². The molecule has 2 aromatic rings. The number of hydrogen-bond acceptors (Lipinski definition) is 3. The molecule has 0 unspecified atom stereocenters. The van der Waals surface area contributed by atoms with E-state index in [-0.39, 0.29) is 29.8 Å². The van der Waals surface area contributed by atoms with Crippen LogP contribution >= 0.6 is 35.6 Å². The lowest BCUT2D eigenvalue weighted by Crippen LogP contribution is -2.37. The molecule has 146 valence electrons. The Hall–Kier alpha value is -1.74. The molecule has 0 saturated carbocycles. The maximum atomic E-state index is 12.9. The van der Waals surface area contributed by atoms with Crippen LogP contribution in [-0.2, 0) is 13.0 Å². The molecular formula is C19H22ClFIN3O2. The molecule has 0 aliphatic carbocycles. The first kappa shape index (κ1) is 21.6. The van der Waals surface area contributed by atoms with Crippen molar-refractivity contribution in [3.63, 3.8) is 0 Å². The van der Waals surface area contributed by atoms with Crippen LogP contribution in [-0.4, -0.2) is 32.8 Å². The van der Waals surface area contributed by atoms with Gasteiger partial charge in [0.2, 0.25) is 0 Å². The maximum absolute atomic E-state index is 12.9. The number of rotatable bonds is 5. The van der Waals surface area contributed by atoms with Gasteiger partial charge in [-0.15, -0.1) is 24.0 Å². The topological polar surface area (TPSA) is 54.9 Å². The van der Waals surface area contributed by atoms with E-state index in [1.807, 2.05) is 12.1 Å². The number of ether oxygens (including phenoxy) is 2. The van der Waals surface area contributed by atoms with Crippen molar-refractivity contribution in [2.24, 2.45) is 4.99 Å². The van der Waals surface area contributed by atoms with Crippen molar-refractivity contribution < 1.29 is 13.9 Å². The fourth-order valence-corrected chi connectivity index (χ4v) is 2.94. The number of nitrogens with one attached hydrogen (secondary N) is 2. The van der Waals surface area contributed by atoms with E-state index in [1.165, 1.54) is 12.1 Å². The molecule has 2 aromatic carbocycles. The van der Waals surface area contributed by atoms with Crippen LogP contribution in [0.5, 0.6) is 11.5 Å². The Morgan fingerprint density at radius 1 is 1.11 bits per heavy atom. The minimum Gasteiger partial charge on any atom is -0.486 e. The SMILES string of the molecule is CN=C(NCCc1ccc(F)cc1)NCc1cc(Cl)c2c(c1)OCCO2.I. The summed E-state index contributed by atoms with van der Waals surface area (Å²) in [6.45, 7) is 2.27. The smallest absolute Gasteiger partial charge is 0.191 e. The fourth-order valence-electron chi connectivity index (χ4n) is 2.65. The maximum Gasteiger partial charge on any atom is 0.191 e. The van der Waals surface area contributed by atoms with E-state index in [2.05, 4.69) is 15.6 Å². The van der Waals surface area contributed by atoms with Crippen LogP contribution in [0.1, 0.15) is 11.1 Å². The Kier molecular flexibility index (Phi) is 8.43. The third kappa shape index (κ3) is 6.14. The summed E-state index contributed by atoms with van der Waals surface area (Å²) in [6.07, 6.45) is 0.775. The molecule has 2 N–H and O–H groups in total. The molecule has 0 bridgehead atoms. The van der Waals surface area contributed by atoms with Crippen LogP contribution in [0.25, 0.3) is 0 Å². The first-order chi connectivity index (χ1) is 12.7. The molecule has 1 heterocycles. The second kappa shape index (κ2) is 10.6. The van der Waals surface area contributed by atoms with Crippen molar-refractivity contribution in [1.29, 1.82) is 0 Å². The summed E-state index contributed by atoms with van der Waals surface area (Å²) in [6, 6.07) is 10.3. The van der Waals surface area contributed by atoms with E-state index in [0.29, 0.717) is 48.8 Å². The Balaban J connectivity index is 0.00000261. The summed E-state index contributed by atoms with van der Waals surface area (Å²) in [5, 5.41) is 7.01. The number of benzene rings is 2. The second-order valence-electron chi connectivity index (χ2n) is 5.83. The molecule has 8 heteroatoms. The van der Waals surface area contributed by atoms with Gasteiger partial charge in [-0.1, -0.05) is 23.7 Å². The summed E-state index contributed by atoms with van der Waals surface area (Å²) < 4.78 is 24.0. The predicted molar refractivity (Wildman–Crippen MR) is 116 cm³/mol. The number of halogens is 3. The zero-order chi connectivity index (χ0) is 18.4. The third-order valence-electron chi connectivity index (χ3n) is 3.96. The molecule has 1 aliphatic rings. The number of aliphatic imine (C=N–C) groups is 1. The van der Waals surface area contributed by atoms with E-state index >= 15 is 0 Å². The largest absolute Gasteiger partial charge is 0.486 e. The average Bonchev–Trinajstić information content (AvgIpc) is 2.66. The molecule has 0 atom stereocenters. The van der Waals surface area contributed by atoms with Crippen LogP contribution < -0.4 is 20.1 Å². The second-order valence-corrected chi connectivity index (χ2v) is 6.24. The average molecular weight is 506 g/mol. The Morgan fingerprint density at radius 2 is 1.85 bits per heavy atom. The van der Waals surface area contributed by atoms with Crippen LogP contribution in [0.2, 0.25) is 5.02 Å². The van der Waals surface area contributed by atoms with E-state index in [4.69, 9.17) is 21.1 Å². The molecule has 0 radical (unpaired) electrons. The molecule has 0 fully saturated rings. The fraction of sp³-hybridized carbons (Fsp3) is 0.316. The molecule has 3 rings (SSSR count). The van der Waals surface area contributed by atoms with E-state index < -0.39 is 0 Å². The highest BCUT2D eigenvalue weighted by molar-refractivity contribution is 14.0. The zero-order valence-corrected chi connectivity index (χ0v) is 18.0. The minimum absolute atomic E-state index is 0. The molecule has 0 aromatic heterocycles. The zero-order valence-electron chi connectivity index (χ0n) is 14.9. The third-order valence-corrected chi connectivity index (χ3v) is 4.24. The van der Waals surface area contributed by atoms with E-state index in [1.54, 1.807) is 19.2 Å². The summed E-state index contributed by atoms with van der Waals surface area (Å²) in [5.41, 5.74) is 2.04. The summed E-state index contributed by atoms with van der Waals surface area (Å²) >= 11 is 6.25. The quantitative estimate of drug-likeness (QED) is 0.369. The Bertz CT molecular complexity index is 787. The number of fused-ring (bicyclic) bond motifs is 1. The van der Waals surface area contributed by atoms with Crippen LogP contribution in [0.15, 0.2) is 41.4 Å². The monoisotopic (exact) mass is 505 g/mol. The van der Waals surface area contributed by atoms with Crippen LogP contribution in [0.3, 0.4) is 0 Å². The van der Waals surface area contributed by atoms with Crippen molar-refractivity contribution in [3.05, 3.63) is 58.4 Å². The van der Waals surface area contributed by atoms with Gasteiger partial charge in [0.15, 0.2) is 17.5 Å². The van der Waals surface area contributed by atoms with Crippen LogP contribution in [0, 0.1) is 5.82 Å². The minimum atomic E-state index is -0.225. The lowest BCUT2D eigenvalue weighted by Gasteiger charge is -2.20. The van der Waals surface area contributed by atoms with Gasteiger partial charge in [0, 0.05) is 20.1 Å². The number of nitrogens with zero attached hydrogens (tertiary/aromatic N) is 1. The lowest BCUT2D eigenvalue weighted by molar-refractivity contribution is 0.171. The standard InChI is InChI=1S/C19H21ClFN3O2.HI/c1-22-19(23-7-6-13-2-4-15(21)5-3-13)24-12-14-10-16(20)18-17(11-14)25-8-9-26-18;/h2-5,10-11H,6-9,12H2,1H3,(H2,22,23,24);1H. The molecule has 5 nitrogen and oxygen atoms in total. The van der Waals surface area contributed by atoms with Crippen molar-refractivity contribution in [1.82, 2.24) is 10.6 Å². The van der Waals surface area contributed by atoms with Crippen LogP contribution in [0.4, 0.5) is 4.39 Å². The molecular weight excluding hydrogens is 484 g/mol. The van der Waals surface area contributed by atoms with Crippen molar-refractivity contribution in [2.75, 3.05) is 26.8 Å². The molecule has 27 heavy (non-hydrogen) atoms. The predicted octanol–water partition coefficient (Wildman–Crippen LogP) is 3.78. The first-order valence-electron chi connectivity index (χ1n) is 8.42. The van der Waals surface area contributed by atoms with Gasteiger partial charge in [-0.05, 0) is 41.8 Å². The number of guanidine groups is 1.